The molecule has 1 aliphatic heterocycles. The molecule has 0 spiro atoms. The number of nitrogens with zero attached hydrogens (tertiary/aromatic N) is 1. The normalized spacial score (nSPS) is 20.5. The van der Waals surface area contributed by atoms with Gasteiger partial charge in [0.25, 0.3) is 0 Å². The van der Waals surface area contributed by atoms with Crippen LogP contribution in [0.25, 0.3) is 0 Å². The van der Waals surface area contributed by atoms with Crippen LogP contribution in [0.2, 0.25) is 0 Å². The van der Waals surface area contributed by atoms with Gasteiger partial charge in [-0.05, 0) is 23.3 Å². The highest BCUT2D eigenvalue weighted by molar-refractivity contribution is 4.84. The Morgan fingerprint density at radius 3 is 2.21 bits per heavy atom. The summed E-state index contributed by atoms with van der Waals surface area (Å²) < 4.78 is 0. The summed E-state index contributed by atoms with van der Waals surface area (Å²) in [6, 6.07) is 0. The van der Waals surface area contributed by atoms with Crippen LogP contribution in [0.4, 0.5) is 0 Å². The summed E-state index contributed by atoms with van der Waals surface area (Å²) in [5.74, 6) is 0.730. The van der Waals surface area contributed by atoms with Gasteiger partial charge in [-0.15, -0.1) is 0 Å². The molecule has 19 heavy (non-hydrogen) atoms. The molecule has 0 bridgehead atoms. The zero-order chi connectivity index (χ0) is 14.5. The van der Waals surface area contributed by atoms with E-state index in [-0.39, 0.29) is 0 Å². The van der Waals surface area contributed by atoms with Crippen LogP contribution in [0, 0.1) is 16.7 Å². The molecule has 0 saturated carbocycles. The maximum atomic E-state index is 3.68. The third-order valence-electron chi connectivity index (χ3n) is 4.87. The number of rotatable bonds is 6. The first-order valence-electron chi connectivity index (χ1n) is 7.86. The largest absolute Gasteiger partial charge is 0.316 e. The third-order valence-corrected chi connectivity index (χ3v) is 4.87. The minimum Gasteiger partial charge on any atom is -0.316 e. The predicted octanol–water partition coefficient (Wildman–Crippen LogP) is 2.19. The maximum Gasteiger partial charge on any atom is 0.0107 e. The zero-order valence-corrected chi connectivity index (χ0v) is 14.0. The van der Waals surface area contributed by atoms with E-state index in [0.717, 1.165) is 32.1 Å². The van der Waals surface area contributed by atoms with Gasteiger partial charge in [-0.2, -0.15) is 0 Å². The minimum atomic E-state index is 0.335. The first kappa shape index (κ1) is 16.9. The lowest BCUT2D eigenvalue weighted by Crippen LogP contribution is -2.46. The molecule has 2 N–H and O–H groups in total. The van der Waals surface area contributed by atoms with E-state index in [1.165, 1.54) is 19.6 Å². The van der Waals surface area contributed by atoms with Gasteiger partial charge >= 0.3 is 0 Å². The summed E-state index contributed by atoms with van der Waals surface area (Å²) in [6.45, 7) is 22.2. The number of piperazine rings is 1. The van der Waals surface area contributed by atoms with Crippen molar-refractivity contribution in [1.82, 2.24) is 15.5 Å². The highest BCUT2D eigenvalue weighted by Gasteiger charge is 2.32. The lowest BCUT2D eigenvalue weighted by Gasteiger charge is -2.39. The van der Waals surface area contributed by atoms with Crippen molar-refractivity contribution in [2.45, 2.75) is 41.5 Å². The van der Waals surface area contributed by atoms with Crippen LogP contribution < -0.4 is 10.6 Å². The fourth-order valence-corrected chi connectivity index (χ4v) is 2.30. The second-order valence-electron chi connectivity index (χ2n) is 7.92. The third kappa shape index (κ3) is 5.80. The molecule has 0 aromatic carbocycles. The van der Waals surface area contributed by atoms with E-state index in [1.54, 1.807) is 0 Å². The Hall–Kier alpha value is -0.120. The molecule has 1 saturated heterocycles. The summed E-state index contributed by atoms with van der Waals surface area (Å²) in [5.41, 5.74) is 0.684. The quantitative estimate of drug-likeness (QED) is 0.774. The molecule has 1 fully saturated rings. The molecule has 1 unspecified atom stereocenters. The van der Waals surface area contributed by atoms with Gasteiger partial charge in [0.15, 0.2) is 0 Å². The summed E-state index contributed by atoms with van der Waals surface area (Å²) >= 11 is 0. The Kier molecular flexibility index (Phi) is 6.28. The van der Waals surface area contributed by atoms with Crippen molar-refractivity contribution in [2.75, 3.05) is 45.8 Å². The van der Waals surface area contributed by atoms with E-state index in [4.69, 9.17) is 0 Å². The van der Waals surface area contributed by atoms with Crippen LogP contribution in [0.15, 0.2) is 0 Å². The fraction of sp³-hybridized carbons (Fsp3) is 1.00. The first-order chi connectivity index (χ1) is 8.72. The second-order valence-corrected chi connectivity index (χ2v) is 7.92. The number of hydrogen-bond acceptors (Lipinski definition) is 3. The average molecular weight is 269 g/mol. The summed E-state index contributed by atoms with van der Waals surface area (Å²) in [4.78, 5) is 2.58. The molecule has 1 rings (SSSR count). The van der Waals surface area contributed by atoms with Crippen molar-refractivity contribution in [2.24, 2.45) is 16.7 Å². The predicted molar refractivity (Wildman–Crippen MR) is 84.6 cm³/mol. The van der Waals surface area contributed by atoms with E-state index in [9.17, 15) is 0 Å². The molecule has 1 aliphatic rings. The van der Waals surface area contributed by atoms with Crippen molar-refractivity contribution < 1.29 is 0 Å². The monoisotopic (exact) mass is 269 g/mol. The topological polar surface area (TPSA) is 27.3 Å². The Labute approximate surface area is 120 Å². The summed E-state index contributed by atoms with van der Waals surface area (Å²) in [7, 11) is 0. The number of nitrogens with one attached hydrogen (secondary N) is 2. The average Bonchev–Trinajstić information content (AvgIpc) is 2.28. The lowest BCUT2D eigenvalue weighted by atomic mass is 9.69. The summed E-state index contributed by atoms with van der Waals surface area (Å²) in [6.07, 6.45) is 0. The van der Waals surface area contributed by atoms with Crippen LogP contribution in [0.1, 0.15) is 41.5 Å². The van der Waals surface area contributed by atoms with E-state index >= 15 is 0 Å². The Balaban J connectivity index is 2.21. The maximum absolute atomic E-state index is 3.68. The molecule has 1 atom stereocenters. The molecular formula is C16H35N3. The second kappa shape index (κ2) is 7.05. The molecule has 0 amide bonds. The fourth-order valence-electron chi connectivity index (χ4n) is 2.30. The van der Waals surface area contributed by atoms with E-state index in [2.05, 4.69) is 57.1 Å². The standard InChI is InChI=1S/C16H35N3/c1-14(12-19-9-7-17-8-10-19)11-18-13-16(5,6)15(2,3)4/h14,17-18H,7-13H2,1-6H3. The lowest BCUT2D eigenvalue weighted by molar-refractivity contribution is 0.125. The van der Waals surface area contributed by atoms with E-state index in [0.29, 0.717) is 10.8 Å². The Bertz CT molecular complexity index is 249. The smallest absolute Gasteiger partial charge is 0.0107 e. The van der Waals surface area contributed by atoms with Crippen LogP contribution in [0.5, 0.6) is 0 Å². The van der Waals surface area contributed by atoms with Crippen LogP contribution >= 0.6 is 0 Å². The number of hydrogen-bond donors (Lipinski definition) is 2. The van der Waals surface area contributed by atoms with Crippen molar-refractivity contribution >= 4 is 0 Å². The SMILES string of the molecule is CC(CNCC(C)(C)C(C)(C)C)CN1CCNCC1. The van der Waals surface area contributed by atoms with E-state index < -0.39 is 0 Å². The van der Waals surface area contributed by atoms with Crippen LogP contribution in [-0.2, 0) is 0 Å². The molecule has 0 radical (unpaired) electrons. The first-order valence-corrected chi connectivity index (χ1v) is 7.86. The van der Waals surface area contributed by atoms with Crippen molar-refractivity contribution in [3.63, 3.8) is 0 Å². The molecule has 1 heterocycles. The van der Waals surface area contributed by atoms with Gasteiger partial charge in [0, 0.05) is 39.3 Å². The van der Waals surface area contributed by atoms with Crippen molar-refractivity contribution in [1.29, 1.82) is 0 Å². The van der Waals surface area contributed by atoms with Gasteiger partial charge in [-0.3, -0.25) is 0 Å². The van der Waals surface area contributed by atoms with Gasteiger partial charge in [0.2, 0.25) is 0 Å². The summed E-state index contributed by atoms with van der Waals surface area (Å²) in [5, 5.41) is 7.09. The Morgan fingerprint density at radius 1 is 1.11 bits per heavy atom. The van der Waals surface area contributed by atoms with Crippen molar-refractivity contribution in [3.8, 4) is 0 Å². The molecule has 3 nitrogen and oxygen atoms in total. The van der Waals surface area contributed by atoms with Gasteiger partial charge in [-0.25, -0.2) is 0 Å². The highest BCUT2D eigenvalue weighted by Crippen LogP contribution is 2.36. The molecule has 0 aromatic rings. The van der Waals surface area contributed by atoms with Gasteiger partial charge in [0.05, 0.1) is 0 Å². The Morgan fingerprint density at radius 2 is 1.68 bits per heavy atom. The van der Waals surface area contributed by atoms with Crippen LogP contribution in [-0.4, -0.2) is 50.7 Å². The highest BCUT2D eigenvalue weighted by atomic mass is 15.2. The van der Waals surface area contributed by atoms with Crippen LogP contribution in [0.3, 0.4) is 0 Å². The molecule has 114 valence electrons. The van der Waals surface area contributed by atoms with Gasteiger partial charge < -0.3 is 15.5 Å². The molecule has 0 aliphatic carbocycles. The molecule has 3 heteroatoms. The zero-order valence-electron chi connectivity index (χ0n) is 14.0. The molecule has 0 aromatic heterocycles. The van der Waals surface area contributed by atoms with Crippen molar-refractivity contribution in [3.05, 3.63) is 0 Å². The van der Waals surface area contributed by atoms with Gasteiger partial charge in [0.1, 0.15) is 0 Å². The van der Waals surface area contributed by atoms with E-state index in [1.807, 2.05) is 0 Å². The molecular weight excluding hydrogens is 234 g/mol. The van der Waals surface area contributed by atoms with Gasteiger partial charge in [-0.1, -0.05) is 41.5 Å². The minimum absolute atomic E-state index is 0.335.